The predicted octanol–water partition coefficient (Wildman–Crippen LogP) is 5.27. The topological polar surface area (TPSA) is 17.8 Å². The van der Waals surface area contributed by atoms with Crippen molar-refractivity contribution in [1.82, 2.24) is 9.55 Å². The van der Waals surface area contributed by atoms with Crippen molar-refractivity contribution in [3.8, 4) is 5.69 Å². The third-order valence-electron chi connectivity index (χ3n) is 2.97. The second kappa shape index (κ2) is 5.61. The van der Waals surface area contributed by atoms with E-state index >= 15 is 0 Å². The number of aromatic nitrogens is 2. The molecular weight excluding hydrogens is 457 g/mol. The summed E-state index contributed by atoms with van der Waals surface area (Å²) >= 11 is 11.3. The molecule has 3 aromatic rings. The summed E-state index contributed by atoms with van der Waals surface area (Å²) < 4.78 is 17.3. The largest absolute Gasteiger partial charge is 0.295 e. The van der Waals surface area contributed by atoms with Crippen molar-refractivity contribution in [2.45, 2.75) is 5.88 Å². The standard InChI is InChI=1S/C14H8BrClFIN2/c15-8-1-3-9(4-2-8)20-13-5-10(17)11(18)6-12(13)19-14(20)7-16/h1-6H,7H2. The number of fused-ring (bicyclic) bond motifs is 1. The molecule has 0 atom stereocenters. The quantitative estimate of drug-likeness (QED) is 0.373. The lowest BCUT2D eigenvalue weighted by Crippen LogP contribution is -1.99. The SMILES string of the molecule is Fc1cc2c(cc1I)nc(CCl)n2-c1ccc(Br)cc1. The number of hydrogen-bond acceptors (Lipinski definition) is 1. The van der Waals surface area contributed by atoms with E-state index in [2.05, 4.69) is 20.9 Å². The molecular formula is C14H8BrClFIN2. The highest BCUT2D eigenvalue weighted by molar-refractivity contribution is 14.1. The first-order valence-corrected chi connectivity index (χ1v) is 8.19. The van der Waals surface area contributed by atoms with Crippen LogP contribution in [0.2, 0.25) is 0 Å². The first-order valence-electron chi connectivity index (χ1n) is 5.78. The van der Waals surface area contributed by atoms with Gasteiger partial charge in [-0.1, -0.05) is 15.9 Å². The second-order valence-corrected chi connectivity index (χ2v) is 6.57. The zero-order valence-corrected chi connectivity index (χ0v) is 14.6. The van der Waals surface area contributed by atoms with Gasteiger partial charge in [-0.05, 0) is 52.9 Å². The molecule has 3 rings (SSSR count). The Morgan fingerprint density at radius 2 is 1.95 bits per heavy atom. The number of nitrogens with zero attached hydrogens (tertiary/aromatic N) is 2. The molecule has 0 aliphatic rings. The Bertz CT molecular complexity index is 786. The summed E-state index contributed by atoms with van der Waals surface area (Å²) in [7, 11) is 0. The number of imidazole rings is 1. The maximum atomic E-state index is 13.8. The fourth-order valence-electron chi connectivity index (χ4n) is 2.09. The molecule has 20 heavy (non-hydrogen) atoms. The van der Waals surface area contributed by atoms with E-state index in [1.54, 1.807) is 6.07 Å². The van der Waals surface area contributed by atoms with Crippen LogP contribution in [0.15, 0.2) is 40.9 Å². The molecule has 0 aliphatic carbocycles. The van der Waals surface area contributed by atoms with Crippen LogP contribution in [0.4, 0.5) is 4.39 Å². The average molecular weight is 465 g/mol. The van der Waals surface area contributed by atoms with Crippen LogP contribution >= 0.6 is 50.1 Å². The molecule has 0 radical (unpaired) electrons. The molecule has 0 fully saturated rings. The molecule has 0 saturated heterocycles. The van der Waals surface area contributed by atoms with Gasteiger partial charge in [0.2, 0.25) is 0 Å². The van der Waals surface area contributed by atoms with Crippen LogP contribution in [0, 0.1) is 9.39 Å². The molecule has 0 saturated carbocycles. The minimum atomic E-state index is -0.252. The number of hydrogen-bond donors (Lipinski definition) is 0. The lowest BCUT2D eigenvalue weighted by Gasteiger charge is -2.08. The van der Waals surface area contributed by atoms with Gasteiger partial charge >= 0.3 is 0 Å². The Morgan fingerprint density at radius 1 is 1.25 bits per heavy atom. The predicted molar refractivity (Wildman–Crippen MR) is 91.0 cm³/mol. The van der Waals surface area contributed by atoms with E-state index in [1.807, 2.05) is 51.4 Å². The van der Waals surface area contributed by atoms with Crippen LogP contribution in [-0.4, -0.2) is 9.55 Å². The van der Waals surface area contributed by atoms with E-state index in [4.69, 9.17) is 11.6 Å². The summed E-state index contributed by atoms with van der Waals surface area (Å²) in [6, 6.07) is 11.0. The van der Waals surface area contributed by atoms with Crippen LogP contribution in [0.1, 0.15) is 5.82 Å². The summed E-state index contributed by atoms with van der Waals surface area (Å²) in [5.41, 5.74) is 2.38. The van der Waals surface area contributed by atoms with Crippen LogP contribution < -0.4 is 0 Å². The van der Waals surface area contributed by atoms with Gasteiger partial charge in [-0.25, -0.2) is 9.37 Å². The molecule has 102 valence electrons. The summed E-state index contributed by atoms with van der Waals surface area (Å²) in [6.45, 7) is 0. The minimum Gasteiger partial charge on any atom is -0.295 e. The summed E-state index contributed by atoms with van der Waals surface area (Å²) in [5, 5.41) is 0. The van der Waals surface area contributed by atoms with Gasteiger partial charge in [-0.3, -0.25) is 4.57 Å². The monoisotopic (exact) mass is 464 g/mol. The number of halogens is 4. The number of alkyl halides is 1. The minimum absolute atomic E-state index is 0.252. The smallest absolute Gasteiger partial charge is 0.138 e. The van der Waals surface area contributed by atoms with E-state index < -0.39 is 0 Å². The molecule has 0 unspecified atom stereocenters. The van der Waals surface area contributed by atoms with Gasteiger partial charge in [-0.2, -0.15) is 0 Å². The highest BCUT2D eigenvalue weighted by Crippen LogP contribution is 2.26. The maximum absolute atomic E-state index is 13.8. The Balaban J connectivity index is 2.32. The Morgan fingerprint density at radius 3 is 2.60 bits per heavy atom. The third kappa shape index (κ3) is 2.46. The summed E-state index contributed by atoms with van der Waals surface area (Å²) in [6.07, 6.45) is 0. The van der Waals surface area contributed by atoms with Crippen LogP contribution in [0.3, 0.4) is 0 Å². The van der Waals surface area contributed by atoms with Gasteiger partial charge in [0, 0.05) is 16.2 Å². The van der Waals surface area contributed by atoms with E-state index in [0.29, 0.717) is 9.39 Å². The van der Waals surface area contributed by atoms with Gasteiger partial charge in [0.1, 0.15) is 11.6 Å². The lowest BCUT2D eigenvalue weighted by atomic mass is 10.2. The zero-order valence-electron chi connectivity index (χ0n) is 10.1. The average Bonchev–Trinajstić information content (AvgIpc) is 2.78. The molecule has 0 aliphatic heterocycles. The molecule has 0 spiro atoms. The van der Waals surface area contributed by atoms with Crippen molar-refractivity contribution in [2.24, 2.45) is 0 Å². The number of benzene rings is 2. The molecule has 0 N–H and O–H groups in total. The number of rotatable bonds is 2. The molecule has 0 bridgehead atoms. The highest BCUT2D eigenvalue weighted by Gasteiger charge is 2.14. The summed E-state index contributed by atoms with van der Waals surface area (Å²) in [4.78, 5) is 4.48. The zero-order chi connectivity index (χ0) is 14.3. The van der Waals surface area contributed by atoms with E-state index in [9.17, 15) is 4.39 Å². The lowest BCUT2D eigenvalue weighted by molar-refractivity contribution is 0.622. The van der Waals surface area contributed by atoms with Crippen LogP contribution in [0.25, 0.3) is 16.7 Å². The molecule has 0 amide bonds. The van der Waals surface area contributed by atoms with Crippen molar-refractivity contribution in [3.63, 3.8) is 0 Å². The van der Waals surface area contributed by atoms with Gasteiger partial charge in [0.25, 0.3) is 0 Å². The van der Waals surface area contributed by atoms with E-state index in [-0.39, 0.29) is 11.7 Å². The van der Waals surface area contributed by atoms with Crippen molar-refractivity contribution in [2.75, 3.05) is 0 Å². The Labute approximate surface area is 142 Å². The molecule has 1 heterocycles. The van der Waals surface area contributed by atoms with Crippen LogP contribution in [0.5, 0.6) is 0 Å². The van der Waals surface area contributed by atoms with E-state index in [0.717, 1.165) is 21.2 Å². The van der Waals surface area contributed by atoms with Crippen molar-refractivity contribution in [1.29, 1.82) is 0 Å². The normalized spacial score (nSPS) is 11.2. The Kier molecular flexibility index (Phi) is 4.01. The molecule has 1 aromatic heterocycles. The third-order valence-corrected chi connectivity index (χ3v) is 4.56. The molecule has 2 aromatic carbocycles. The van der Waals surface area contributed by atoms with Gasteiger partial charge in [-0.15, -0.1) is 11.6 Å². The van der Waals surface area contributed by atoms with E-state index in [1.165, 1.54) is 6.07 Å². The summed E-state index contributed by atoms with van der Waals surface area (Å²) in [5.74, 6) is 0.714. The van der Waals surface area contributed by atoms with Gasteiger partial charge in [0.05, 0.1) is 20.5 Å². The van der Waals surface area contributed by atoms with Crippen molar-refractivity contribution < 1.29 is 4.39 Å². The van der Waals surface area contributed by atoms with Crippen molar-refractivity contribution >= 4 is 61.2 Å². The maximum Gasteiger partial charge on any atom is 0.138 e. The van der Waals surface area contributed by atoms with Gasteiger partial charge < -0.3 is 0 Å². The molecule has 6 heteroatoms. The Hall–Kier alpha value is -0.660. The molecule has 2 nitrogen and oxygen atoms in total. The van der Waals surface area contributed by atoms with Gasteiger partial charge in [0.15, 0.2) is 0 Å². The first kappa shape index (κ1) is 14.3. The second-order valence-electron chi connectivity index (χ2n) is 4.23. The highest BCUT2D eigenvalue weighted by atomic mass is 127. The first-order chi connectivity index (χ1) is 9.60. The fraction of sp³-hybridized carbons (Fsp3) is 0.0714. The van der Waals surface area contributed by atoms with Crippen molar-refractivity contribution in [3.05, 3.63) is 56.1 Å². The fourth-order valence-corrected chi connectivity index (χ4v) is 2.98. The van der Waals surface area contributed by atoms with Crippen LogP contribution in [-0.2, 0) is 5.88 Å².